The Morgan fingerprint density at radius 2 is 1.48 bits per heavy atom. The summed E-state index contributed by atoms with van der Waals surface area (Å²) in [6.45, 7) is -0.538. The van der Waals surface area contributed by atoms with E-state index in [1.165, 1.54) is 48.5 Å². The number of imide groups is 1. The average molecular weight is 493 g/mol. The highest BCUT2D eigenvalue weighted by atomic mass is 35.5. The standard InChI is InChI=1S/C23H19Cl2FN2O5/c24-18-9-16-17(10-19(18)25)22(31)28(21(16)30)15-7-1-12(2-8-15)23(32)33-11-20(29)27-14-5-3-13(26)4-6-14/h1-8,16-19H,9-11H2,(H,27,29)/t16-,17+,18-,19-/m0/s1. The van der Waals surface area contributed by atoms with Gasteiger partial charge in [0.1, 0.15) is 5.82 Å². The second kappa shape index (κ2) is 9.49. The molecule has 3 amide bonds. The molecule has 1 aliphatic heterocycles. The number of halogens is 3. The van der Waals surface area contributed by atoms with Crippen molar-refractivity contribution in [3.8, 4) is 0 Å². The lowest BCUT2D eigenvalue weighted by atomic mass is 9.80. The summed E-state index contributed by atoms with van der Waals surface area (Å²) in [4.78, 5) is 50.9. The van der Waals surface area contributed by atoms with Crippen molar-refractivity contribution in [2.24, 2.45) is 11.8 Å². The van der Waals surface area contributed by atoms with Crippen molar-refractivity contribution < 1.29 is 28.3 Å². The maximum absolute atomic E-state index is 12.9. The number of carbonyl (C=O) groups excluding carboxylic acids is 4. The molecule has 1 saturated heterocycles. The maximum Gasteiger partial charge on any atom is 0.338 e. The van der Waals surface area contributed by atoms with Gasteiger partial charge in [-0.15, -0.1) is 23.2 Å². The third-order valence-corrected chi connectivity index (χ3v) is 6.83. The zero-order valence-corrected chi connectivity index (χ0v) is 18.7. The third kappa shape index (κ3) is 4.86. The second-order valence-corrected chi connectivity index (χ2v) is 9.03. The molecule has 0 radical (unpaired) electrons. The van der Waals surface area contributed by atoms with E-state index in [1.54, 1.807) is 0 Å². The molecule has 1 saturated carbocycles. The zero-order chi connectivity index (χ0) is 23.7. The molecule has 1 aliphatic carbocycles. The van der Waals surface area contributed by atoms with Crippen molar-refractivity contribution in [2.75, 3.05) is 16.8 Å². The summed E-state index contributed by atoms with van der Waals surface area (Å²) in [6, 6.07) is 10.9. The Hall–Kier alpha value is -2.97. The molecule has 4 atom stereocenters. The predicted molar refractivity (Wildman–Crippen MR) is 120 cm³/mol. The van der Waals surface area contributed by atoms with Gasteiger partial charge in [-0.05, 0) is 61.4 Å². The van der Waals surface area contributed by atoms with Gasteiger partial charge in [-0.2, -0.15) is 0 Å². The molecule has 1 heterocycles. The van der Waals surface area contributed by atoms with Gasteiger partial charge < -0.3 is 10.1 Å². The second-order valence-electron chi connectivity index (χ2n) is 7.91. The molecular formula is C23H19Cl2FN2O5. The molecule has 0 unspecified atom stereocenters. The fraction of sp³-hybridized carbons (Fsp3) is 0.304. The minimum atomic E-state index is -0.751. The van der Waals surface area contributed by atoms with E-state index in [2.05, 4.69) is 5.32 Å². The number of ether oxygens (including phenoxy) is 1. The van der Waals surface area contributed by atoms with Crippen molar-refractivity contribution in [1.29, 1.82) is 0 Å². The van der Waals surface area contributed by atoms with Crippen molar-refractivity contribution in [3.05, 3.63) is 59.9 Å². The van der Waals surface area contributed by atoms with Crippen LogP contribution < -0.4 is 10.2 Å². The molecule has 2 aromatic carbocycles. The minimum absolute atomic E-state index is 0.145. The minimum Gasteiger partial charge on any atom is -0.452 e. The Bertz CT molecular complexity index is 1070. The highest BCUT2D eigenvalue weighted by Crippen LogP contribution is 2.43. The van der Waals surface area contributed by atoms with E-state index in [0.29, 0.717) is 24.2 Å². The first-order chi connectivity index (χ1) is 15.7. The molecular weight excluding hydrogens is 474 g/mol. The maximum atomic E-state index is 12.9. The third-order valence-electron chi connectivity index (χ3n) is 5.74. The number of carbonyl (C=O) groups is 4. The summed E-state index contributed by atoms with van der Waals surface area (Å²) in [6.07, 6.45) is 0.678. The summed E-state index contributed by atoms with van der Waals surface area (Å²) in [5.74, 6) is -3.43. The van der Waals surface area contributed by atoms with Gasteiger partial charge in [-0.1, -0.05) is 0 Å². The number of anilines is 2. The van der Waals surface area contributed by atoms with Crippen LogP contribution in [0.4, 0.5) is 15.8 Å². The van der Waals surface area contributed by atoms with E-state index in [4.69, 9.17) is 27.9 Å². The Labute approximate surface area is 198 Å². The first kappa shape index (κ1) is 23.2. The van der Waals surface area contributed by atoms with Gasteiger partial charge >= 0.3 is 5.97 Å². The summed E-state index contributed by atoms with van der Waals surface area (Å²) in [7, 11) is 0. The van der Waals surface area contributed by atoms with Crippen LogP contribution in [0.3, 0.4) is 0 Å². The van der Waals surface area contributed by atoms with Crippen LogP contribution in [0.25, 0.3) is 0 Å². The van der Waals surface area contributed by atoms with Crippen LogP contribution in [0.2, 0.25) is 0 Å². The van der Waals surface area contributed by atoms with Gasteiger partial charge in [0.25, 0.3) is 5.91 Å². The molecule has 7 nitrogen and oxygen atoms in total. The zero-order valence-electron chi connectivity index (χ0n) is 17.2. The highest BCUT2D eigenvalue weighted by Gasteiger charge is 2.52. The molecule has 33 heavy (non-hydrogen) atoms. The molecule has 10 heteroatoms. The number of esters is 1. The SMILES string of the molecule is O=C(COC(=O)c1ccc(N2C(=O)[C@H]3C[C@H](Cl)[C@@H](Cl)C[C@H]3C2=O)cc1)Nc1ccc(F)cc1. The van der Waals surface area contributed by atoms with Gasteiger partial charge in [-0.3, -0.25) is 19.3 Å². The van der Waals surface area contributed by atoms with Crippen LogP contribution in [0, 0.1) is 17.7 Å². The van der Waals surface area contributed by atoms with E-state index in [1.807, 2.05) is 0 Å². The topological polar surface area (TPSA) is 92.8 Å². The Morgan fingerprint density at radius 3 is 2.03 bits per heavy atom. The molecule has 2 aliphatic rings. The number of fused-ring (bicyclic) bond motifs is 1. The van der Waals surface area contributed by atoms with Gasteiger partial charge in [0, 0.05) is 5.69 Å². The normalized spacial score (nSPS) is 24.4. The molecule has 2 aromatic rings. The van der Waals surface area contributed by atoms with Gasteiger partial charge in [-0.25, -0.2) is 9.18 Å². The lowest BCUT2D eigenvalue weighted by Crippen LogP contribution is -2.34. The summed E-state index contributed by atoms with van der Waals surface area (Å²) in [5.41, 5.74) is 0.844. The molecule has 0 aromatic heterocycles. The van der Waals surface area contributed by atoms with Crippen LogP contribution in [0.5, 0.6) is 0 Å². The Balaban J connectivity index is 1.36. The molecule has 4 rings (SSSR count). The first-order valence-corrected chi connectivity index (χ1v) is 11.1. The highest BCUT2D eigenvalue weighted by molar-refractivity contribution is 6.31. The number of amides is 3. The number of hydrogen-bond acceptors (Lipinski definition) is 5. The molecule has 172 valence electrons. The lowest BCUT2D eigenvalue weighted by molar-refractivity contribution is -0.122. The first-order valence-electron chi connectivity index (χ1n) is 10.2. The van der Waals surface area contributed by atoms with Crippen molar-refractivity contribution in [1.82, 2.24) is 0 Å². The fourth-order valence-electron chi connectivity index (χ4n) is 4.04. The lowest BCUT2D eigenvalue weighted by Gasteiger charge is -2.28. The number of nitrogens with one attached hydrogen (secondary N) is 1. The van der Waals surface area contributed by atoms with Crippen LogP contribution >= 0.6 is 23.2 Å². The van der Waals surface area contributed by atoms with E-state index >= 15 is 0 Å². The van der Waals surface area contributed by atoms with Crippen LogP contribution in [-0.4, -0.2) is 41.1 Å². The van der Waals surface area contributed by atoms with Crippen LogP contribution in [0.1, 0.15) is 23.2 Å². The van der Waals surface area contributed by atoms with Gasteiger partial charge in [0.15, 0.2) is 6.61 Å². The van der Waals surface area contributed by atoms with E-state index in [-0.39, 0.29) is 28.1 Å². The smallest absolute Gasteiger partial charge is 0.338 e. The predicted octanol–water partition coefficient (Wildman–Crippen LogP) is 3.74. The van der Waals surface area contributed by atoms with Crippen LogP contribution in [-0.2, 0) is 19.1 Å². The number of rotatable bonds is 5. The summed E-state index contributed by atoms with van der Waals surface area (Å²) in [5, 5.41) is 1.73. The molecule has 2 fully saturated rings. The van der Waals surface area contributed by atoms with Gasteiger partial charge in [0.2, 0.25) is 11.8 Å². The Kier molecular flexibility index (Phi) is 6.67. The number of nitrogens with zero attached hydrogens (tertiary/aromatic N) is 1. The number of alkyl halides is 2. The number of hydrogen-bond donors (Lipinski definition) is 1. The molecule has 1 N–H and O–H groups in total. The van der Waals surface area contributed by atoms with Crippen molar-refractivity contribution in [2.45, 2.75) is 23.6 Å². The Morgan fingerprint density at radius 1 is 0.939 bits per heavy atom. The van der Waals surface area contributed by atoms with E-state index in [0.717, 1.165) is 4.90 Å². The van der Waals surface area contributed by atoms with Crippen LogP contribution in [0.15, 0.2) is 48.5 Å². The van der Waals surface area contributed by atoms with Gasteiger partial charge in [0.05, 0.1) is 33.8 Å². The van der Waals surface area contributed by atoms with E-state index in [9.17, 15) is 23.6 Å². The molecule has 0 bridgehead atoms. The number of benzene rings is 2. The van der Waals surface area contributed by atoms with E-state index < -0.39 is 36.1 Å². The summed E-state index contributed by atoms with van der Waals surface area (Å²) >= 11 is 12.4. The van der Waals surface area contributed by atoms with Crippen molar-refractivity contribution >= 4 is 58.3 Å². The summed E-state index contributed by atoms with van der Waals surface area (Å²) < 4.78 is 17.9. The largest absolute Gasteiger partial charge is 0.452 e. The average Bonchev–Trinajstić information content (AvgIpc) is 3.03. The monoisotopic (exact) mass is 492 g/mol. The quantitative estimate of drug-likeness (QED) is 0.389. The fourth-order valence-corrected chi connectivity index (χ4v) is 4.63. The van der Waals surface area contributed by atoms with Crippen molar-refractivity contribution in [3.63, 3.8) is 0 Å². The molecule has 0 spiro atoms.